The maximum absolute atomic E-state index is 14.0. The molecular formula is C22H16ClFN4O. The summed E-state index contributed by atoms with van der Waals surface area (Å²) in [5.74, 6) is -1.39. The number of primary amides is 1. The molecule has 0 bridgehead atoms. The predicted molar refractivity (Wildman–Crippen MR) is 112 cm³/mol. The second-order valence-corrected chi connectivity index (χ2v) is 7.00. The molecule has 0 aliphatic heterocycles. The number of benzene rings is 2. The van der Waals surface area contributed by atoms with Gasteiger partial charge >= 0.3 is 0 Å². The number of hydrogen-bond acceptors (Lipinski definition) is 4. The van der Waals surface area contributed by atoms with Crippen LogP contribution in [0.2, 0.25) is 5.02 Å². The lowest BCUT2D eigenvalue weighted by Gasteiger charge is -2.16. The number of carbonyl (C=O) groups is 1. The average molecular weight is 407 g/mol. The van der Waals surface area contributed by atoms with Crippen molar-refractivity contribution < 1.29 is 9.18 Å². The van der Waals surface area contributed by atoms with E-state index in [1.807, 2.05) is 30.3 Å². The summed E-state index contributed by atoms with van der Waals surface area (Å²) in [5.41, 5.74) is 14.0. The van der Waals surface area contributed by atoms with E-state index in [4.69, 9.17) is 23.1 Å². The summed E-state index contributed by atoms with van der Waals surface area (Å²) in [6, 6.07) is 15.3. The molecule has 2 heterocycles. The predicted octanol–water partition coefficient (Wildman–Crippen LogP) is 4.29. The van der Waals surface area contributed by atoms with Crippen molar-refractivity contribution in [3.63, 3.8) is 0 Å². The normalized spacial score (nSPS) is 12.1. The number of rotatable bonds is 4. The van der Waals surface area contributed by atoms with Gasteiger partial charge in [0, 0.05) is 33.8 Å². The first-order valence-corrected chi connectivity index (χ1v) is 9.17. The molecule has 0 spiro atoms. The molecule has 2 aromatic heterocycles. The molecule has 5 nitrogen and oxygen atoms in total. The van der Waals surface area contributed by atoms with Crippen molar-refractivity contribution in [2.24, 2.45) is 5.73 Å². The molecule has 1 atom stereocenters. The van der Waals surface area contributed by atoms with Crippen LogP contribution in [0, 0.1) is 5.82 Å². The van der Waals surface area contributed by atoms with Gasteiger partial charge < -0.3 is 11.5 Å². The van der Waals surface area contributed by atoms with Crippen LogP contribution >= 0.6 is 11.6 Å². The molecule has 0 fully saturated rings. The monoisotopic (exact) mass is 406 g/mol. The molecule has 4 aromatic rings. The summed E-state index contributed by atoms with van der Waals surface area (Å²) in [7, 11) is 0. The number of carbonyl (C=O) groups excluding carboxylic acids is 1. The van der Waals surface area contributed by atoms with E-state index in [9.17, 15) is 9.18 Å². The molecule has 1 unspecified atom stereocenters. The Bertz CT molecular complexity index is 1230. The van der Waals surface area contributed by atoms with Crippen molar-refractivity contribution in [3.8, 4) is 11.3 Å². The molecule has 0 aliphatic carbocycles. The highest BCUT2D eigenvalue weighted by Gasteiger charge is 2.22. The molecule has 144 valence electrons. The number of anilines is 1. The van der Waals surface area contributed by atoms with Crippen LogP contribution in [0.3, 0.4) is 0 Å². The van der Waals surface area contributed by atoms with E-state index in [1.165, 1.54) is 24.5 Å². The second-order valence-electron chi connectivity index (χ2n) is 6.59. The first-order valence-electron chi connectivity index (χ1n) is 8.79. The molecule has 4 N–H and O–H groups in total. The molecule has 0 radical (unpaired) electrons. The van der Waals surface area contributed by atoms with E-state index in [1.54, 1.807) is 12.1 Å². The van der Waals surface area contributed by atoms with Gasteiger partial charge in [-0.05, 0) is 35.4 Å². The number of nitrogens with zero attached hydrogens (tertiary/aromatic N) is 2. The van der Waals surface area contributed by atoms with Crippen molar-refractivity contribution in [1.82, 2.24) is 9.97 Å². The first kappa shape index (κ1) is 18.8. The van der Waals surface area contributed by atoms with Crippen LogP contribution in [0.1, 0.15) is 17.0 Å². The molecule has 0 saturated heterocycles. The van der Waals surface area contributed by atoms with Crippen LogP contribution in [0.5, 0.6) is 0 Å². The minimum atomic E-state index is -0.690. The number of nitrogen functional groups attached to an aromatic ring is 1. The fourth-order valence-electron chi connectivity index (χ4n) is 3.34. The molecule has 7 heteroatoms. The number of aromatic nitrogens is 2. The SMILES string of the molecule is NC(=O)C(c1ccccc1)c1cnc(N)c(-c2cc3c(Cl)ccc(F)c3cn2)c1. The molecule has 2 aromatic carbocycles. The van der Waals surface area contributed by atoms with Gasteiger partial charge in [-0.3, -0.25) is 9.78 Å². The van der Waals surface area contributed by atoms with Gasteiger partial charge in [-0.2, -0.15) is 0 Å². The zero-order valence-electron chi connectivity index (χ0n) is 15.1. The van der Waals surface area contributed by atoms with E-state index >= 15 is 0 Å². The van der Waals surface area contributed by atoms with Crippen LogP contribution in [-0.2, 0) is 4.79 Å². The van der Waals surface area contributed by atoms with Gasteiger partial charge in [-0.25, -0.2) is 9.37 Å². The summed E-state index contributed by atoms with van der Waals surface area (Å²) in [6.07, 6.45) is 2.93. The molecule has 0 aliphatic rings. The van der Waals surface area contributed by atoms with Crippen LogP contribution in [0.25, 0.3) is 22.0 Å². The van der Waals surface area contributed by atoms with E-state index in [-0.39, 0.29) is 5.82 Å². The number of pyridine rings is 2. The fourth-order valence-corrected chi connectivity index (χ4v) is 3.56. The van der Waals surface area contributed by atoms with Gasteiger partial charge in [-0.15, -0.1) is 0 Å². The highest BCUT2D eigenvalue weighted by atomic mass is 35.5. The van der Waals surface area contributed by atoms with Gasteiger partial charge in [0.2, 0.25) is 5.91 Å². The summed E-state index contributed by atoms with van der Waals surface area (Å²) in [4.78, 5) is 20.7. The molecular weight excluding hydrogens is 391 g/mol. The maximum atomic E-state index is 14.0. The minimum Gasteiger partial charge on any atom is -0.383 e. The maximum Gasteiger partial charge on any atom is 0.229 e. The van der Waals surface area contributed by atoms with Crippen LogP contribution < -0.4 is 11.5 Å². The minimum absolute atomic E-state index is 0.226. The smallest absolute Gasteiger partial charge is 0.229 e. The summed E-state index contributed by atoms with van der Waals surface area (Å²) in [5, 5.41) is 1.21. The number of hydrogen-bond donors (Lipinski definition) is 2. The Kier molecular flexibility index (Phi) is 4.86. The van der Waals surface area contributed by atoms with Gasteiger partial charge in [0.1, 0.15) is 11.6 Å². The lowest BCUT2D eigenvalue weighted by atomic mass is 9.90. The summed E-state index contributed by atoms with van der Waals surface area (Å²) < 4.78 is 14.0. The second kappa shape index (κ2) is 7.48. The van der Waals surface area contributed by atoms with Crippen molar-refractivity contribution in [1.29, 1.82) is 0 Å². The van der Waals surface area contributed by atoms with Gasteiger partial charge in [0.05, 0.1) is 11.6 Å². The standard InChI is InChI=1S/C22H16ClFN4O/c23-17-6-7-18(24)16-11-27-19(9-14(16)17)15-8-13(10-28-21(15)25)20(22(26)29)12-4-2-1-3-5-12/h1-11,20H,(H2,25,28)(H2,26,29). The third-order valence-corrected chi connectivity index (χ3v) is 5.09. The van der Waals surface area contributed by atoms with Gasteiger partial charge in [0.15, 0.2) is 0 Å². The summed E-state index contributed by atoms with van der Waals surface area (Å²) in [6.45, 7) is 0. The number of fused-ring (bicyclic) bond motifs is 1. The highest BCUT2D eigenvalue weighted by molar-refractivity contribution is 6.35. The quantitative estimate of drug-likeness (QED) is 0.528. The Morgan fingerprint density at radius 2 is 1.72 bits per heavy atom. The number of amides is 1. The third kappa shape index (κ3) is 3.50. The van der Waals surface area contributed by atoms with Gasteiger partial charge in [-0.1, -0.05) is 41.9 Å². The van der Waals surface area contributed by atoms with Crippen LogP contribution in [0.15, 0.2) is 67.0 Å². The lowest BCUT2D eigenvalue weighted by molar-refractivity contribution is -0.118. The van der Waals surface area contributed by atoms with Crippen LogP contribution in [0.4, 0.5) is 10.2 Å². The Morgan fingerprint density at radius 3 is 2.45 bits per heavy atom. The molecule has 0 saturated carbocycles. The largest absolute Gasteiger partial charge is 0.383 e. The van der Waals surface area contributed by atoms with Crippen molar-refractivity contribution >= 4 is 34.1 Å². The van der Waals surface area contributed by atoms with E-state index < -0.39 is 17.6 Å². The zero-order chi connectivity index (χ0) is 20.5. The van der Waals surface area contributed by atoms with E-state index in [0.29, 0.717) is 32.6 Å². The number of halogens is 2. The molecule has 1 amide bonds. The Hall–Kier alpha value is -3.51. The molecule has 29 heavy (non-hydrogen) atoms. The Balaban J connectivity index is 1.87. The third-order valence-electron chi connectivity index (χ3n) is 4.76. The Labute approximate surface area is 171 Å². The first-order chi connectivity index (χ1) is 14.0. The number of nitrogens with two attached hydrogens (primary N) is 2. The molecule has 4 rings (SSSR count). The lowest BCUT2D eigenvalue weighted by Crippen LogP contribution is -2.22. The average Bonchev–Trinajstić information content (AvgIpc) is 2.72. The van der Waals surface area contributed by atoms with Crippen LogP contribution in [-0.4, -0.2) is 15.9 Å². The van der Waals surface area contributed by atoms with Crippen molar-refractivity contribution in [2.45, 2.75) is 5.92 Å². The Morgan fingerprint density at radius 1 is 0.966 bits per heavy atom. The van der Waals surface area contributed by atoms with Crippen molar-refractivity contribution in [2.75, 3.05) is 5.73 Å². The van der Waals surface area contributed by atoms with E-state index in [0.717, 1.165) is 5.56 Å². The fraction of sp³-hybridized carbons (Fsp3) is 0.0455. The highest BCUT2D eigenvalue weighted by Crippen LogP contribution is 2.33. The summed E-state index contributed by atoms with van der Waals surface area (Å²) >= 11 is 6.23. The topological polar surface area (TPSA) is 94.9 Å². The van der Waals surface area contributed by atoms with Crippen molar-refractivity contribution in [3.05, 3.63) is 89.0 Å². The zero-order valence-corrected chi connectivity index (χ0v) is 15.9. The van der Waals surface area contributed by atoms with Gasteiger partial charge in [0.25, 0.3) is 0 Å². The van der Waals surface area contributed by atoms with E-state index in [2.05, 4.69) is 9.97 Å².